The van der Waals surface area contributed by atoms with E-state index in [-0.39, 0.29) is 19.4 Å². The second-order valence-corrected chi connectivity index (χ2v) is 5.10. The summed E-state index contributed by atoms with van der Waals surface area (Å²) in [5.74, 6) is -0.518. The third kappa shape index (κ3) is 2.62. The van der Waals surface area contributed by atoms with Crippen LogP contribution in [0.1, 0.15) is 25.7 Å². The number of carbonyl (C=O) groups is 1. The summed E-state index contributed by atoms with van der Waals surface area (Å²) in [5, 5.41) is 13.8. The number of nitrogens with zero attached hydrogens (tertiary/aromatic N) is 1. The Labute approximate surface area is 120 Å². The lowest BCUT2D eigenvalue weighted by atomic mass is 9.80. The Balaban J connectivity index is 3.29. The van der Waals surface area contributed by atoms with E-state index in [1.54, 1.807) is 24.3 Å². The molecule has 0 aliphatic carbocycles. The maximum absolute atomic E-state index is 13.0. The first kappa shape index (κ1) is 16.4. The molecule has 0 unspecified atom stereocenters. The highest BCUT2D eigenvalue weighted by Crippen LogP contribution is 2.40. The van der Waals surface area contributed by atoms with Crippen LogP contribution in [-0.4, -0.2) is 28.7 Å². The quantitative estimate of drug-likeness (QED) is 0.506. The molecular formula is C16H22NO3. The summed E-state index contributed by atoms with van der Waals surface area (Å²) in [6.07, 6.45) is 7.74. The second-order valence-electron chi connectivity index (χ2n) is 5.10. The van der Waals surface area contributed by atoms with Crippen LogP contribution in [0, 0.1) is 0 Å². The van der Waals surface area contributed by atoms with Crippen molar-refractivity contribution in [3.05, 3.63) is 50.6 Å². The summed E-state index contributed by atoms with van der Waals surface area (Å²) in [6, 6.07) is 0. The van der Waals surface area contributed by atoms with Gasteiger partial charge in [0.05, 0.1) is 5.54 Å². The molecule has 1 fully saturated rings. The zero-order valence-electron chi connectivity index (χ0n) is 11.8. The highest BCUT2D eigenvalue weighted by molar-refractivity contribution is 5.82. The maximum atomic E-state index is 13.0. The summed E-state index contributed by atoms with van der Waals surface area (Å²) in [7, 11) is 0. The predicted molar refractivity (Wildman–Crippen MR) is 78.2 cm³/mol. The van der Waals surface area contributed by atoms with Crippen LogP contribution in [0.2, 0.25) is 0 Å². The number of cyclic esters (lactones) is 1. The topological polar surface area (TPSA) is 49.4 Å². The molecule has 0 spiro atoms. The molecule has 4 heteroatoms. The SMILES string of the molecule is C=CCC1(CC=C)COC(=O)C(CC=C)(CC=C)N1[O]. The number of rotatable bonds is 8. The Kier molecular flexibility index (Phi) is 5.48. The minimum Gasteiger partial charge on any atom is -0.462 e. The second kappa shape index (κ2) is 6.68. The fourth-order valence-electron chi connectivity index (χ4n) is 2.73. The van der Waals surface area contributed by atoms with Gasteiger partial charge in [0.1, 0.15) is 6.61 Å². The molecule has 0 amide bonds. The van der Waals surface area contributed by atoms with Crippen LogP contribution in [-0.2, 0) is 14.7 Å². The van der Waals surface area contributed by atoms with Crippen LogP contribution in [0.3, 0.4) is 0 Å². The average molecular weight is 276 g/mol. The van der Waals surface area contributed by atoms with E-state index in [0.29, 0.717) is 12.8 Å². The van der Waals surface area contributed by atoms with E-state index in [1.807, 2.05) is 0 Å². The Morgan fingerprint density at radius 2 is 1.45 bits per heavy atom. The van der Waals surface area contributed by atoms with Gasteiger partial charge < -0.3 is 4.74 Å². The fourth-order valence-corrected chi connectivity index (χ4v) is 2.73. The zero-order valence-corrected chi connectivity index (χ0v) is 11.8. The molecule has 4 nitrogen and oxygen atoms in total. The minimum atomic E-state index is -1.28. The molecule has 0 bridgehead atoms. The van der Waals surface area contributed by atoms with Gasteiger partial charge in [-0.2, -0.15) is 0 Å². The molecule has 109 valence electrons. The maximum Gasteiger partial charge on any atom is 0.329 e. The highest BCUT2D eigenvalue weighted by atomic mass is 16.6. The largest absolute Gasteiger partial charge is 0.462 e. The van der Waals surface area contributed by atoms with Crippen molar-refractivity contribution in [3.8, 4) is 0 Å². The van der Waals surface area contributed by atoms with Gasteiger partial charge in [0.2, 0.25) is 0 Å². The number of hydrogen-bond donors (Lipinski definition) is 0. The lowest BCUT2D eigenvalue weighted by Gasteiger charge is -2.50. The van der Waals surface area contributed by atoms with E-state index in [2.05, 4.69) is 26.3 Å². The summed E-state index contributed by atoms with van der Waals surface area (Å²) in [5.41, 5.74) is -2.13. The molecule has 1 saturated heterocycles. The van der Waals surface area contributed by atoms with Crippen molar-refractivity contribution in [1.29, 1.82) is 0 Å². The van der Waals surface area contributed by atoms with Crippen LogP contribution in [0.4, 0.5) is 0 Å². The van der Waals surface area contributed by atoms with E-state index in [4.69, 9.17) is 4.74 Å². The Bertz CT molecular complexity index is 394. The monoisotopic (exact) mass is 276 g/mol. The number of morpholine rings is 1. The molecule has 0 saturated carbocycles. The summed E-state index contributed by atoms with van der Waals surface area (Å²) < 4.78 is 5.32. The van der Waals surface area contributed by atoms with Crippen molar-refractivity contribution in [3.63, 3.8) is 0 Å². The standard InChI is InChI=1S/C16H22NO3/c1-5-9-15(10-6-2)13-20-14(18)16(11-7-3,12-8-4)17(15)19/h5-8H,1-4,9-13H2. The number of hydroxylamine groups is 2. The molecule has 1 radical (unpaired) electrons. The third-order valence-electron chi connectivity index (χ3n) is 3.68. The van der Waals surface area contributed by atoms with E-state index in [1.165, 1.54) is 0 Å². The minimum absolute atomic E-state index is 0.0450. The Morgan fingerprint density at radius 1 is 1.00 bits per heavy atom. The third-order valence-corrected chi connectivity index (χ3v) is 3.68. The molecule has 0 aromatic heterocycles. The van der Waals surface area contributed by atoms with Crippen LogP contribution >= 0.6 is 0 Å². The normalized spacial score (nSPS) is 20.8. The van der Waals surface area contributed by atoms with Gasteiger partial charge in [-0.3, -0.25) is 0 Å². The average Bonchev–Trinajstić information content (AvgIpc) is 2.42. The predicted octanol–water partition coefficient (Wildman–Crippen LogP) is 2.97. The van der Waals surface area contributed by atoms with Crippen molar-refractivity contribution in [2.24, 2.45) is 0 Å². The van der Waals surface area contributed by atoms with Crippen molar-refractivity contribution in [2.45, 2.75) is 36.8 Å². The fraction of sp³-hybridized carbons (Fsp3) is 0.438. The summed E-state index contributed by atoms with van der Waals surface area (Å²) in [4.78, 5) is 12.2. The summed E-state index contributed by atoms with van der Waals surface area (Å²) >= 11 is 0. The van der Waals surface area contributed by atoms with Crippen LogP contribution in [0.5, 0.6) is 0 Å². The molecule has 0 aromatic rings. The van der Waals surface area contributed by atoms with Crippen molar-refractivity contribution < 1.29 is 14.7 Å². The molecule has 0 aromatic carbocycles. The smallest absolute Gasteiger partial charge is 0.329 e. The highest BCUT2D eigenvalue weighted by Gasteiger charge is 2.57. The van der Waals surface area contributed by atoms with Gasteiger partial charge in [-0.25, -0.2) is 4.79 Å². The number of carbonyl (C=O) groups excluding carboxylic acids is 1. The first-order valence-electron chi connectivity index (χ1n) is 6.61. The van der Waals surface area contributed by atoms with E-state index < -0.39 is 17.0 Å². The van der Waals surface area contributed by atoms with Crippen molar-refractivity contribution in [2.75, 3.05) is 6.61 Å². The first-order chi connectivity index (χ1) is 9.53. The van der Waals surface area contributed by atoms with Gasteiger partial charge in [-0.05, 0) is 25.7 Å². The van der Waals surface area contributed by atoms with Gasteiger partial charge >= 0.3 is 5.97 Å². The van der Waals surface area contributed by atoms with Crippen LogP contribution in [0.25, 0.3) is 0 Å². The van der Waals surface area contributed by atoms with Gasteiger partial charge in [-0.1, -0.05) is 24.3 Å². The number of hydrogen-bond acceptors (Lipinski definition) is 3. The lowest BCUT2D eigenvalue weighted by molar-refractivity contribution is -0.311. The lowest BCUT2D eigenvalue weighted by Crippen LogP contribution is -2.68. The van der Waals surface area contributed by atoms with E-state index in [0.717, 1.165) is 5.06 Å². The van der Waals surface area contributed by atoms with Gasteiger partial charge in [0.15, 0.2) is 5.54 Å². The molecule has 1 rings (SSSR count). The number of ether oxygens (including phenoxy) is 1. The Hall–Kier alpha value is -1.65. The van der Waals surface area contributed by atoms with Crippen molar-refractivity contribution in [1.82, 2.24) is 5.06 Å². The van der Waals surface area contributed by atoms with Gasteiger partial charge in [0.25, 0.3) is 0 Å². The van der Waals surface area contributed by atoms with Crippen LogP contribution in [0.15, 0.2) is 50.6 Å². The molecular weight excluding hydrogens is 254 g/mol. The van der Waals surface area contributed by atoms with Gasteiger partial charge in [-0.15, -0.1) is 36.6 Å². The van der Waals surface area contributed by atoms with Crippen molar-refractivity contribution >= 4 is 5.97 Å². The molecule has 0 atom stereocenters. The molecule has 1 heterocycles. The molecule has 1 aliphatic rings. The van der Waals surface area contributed by atoms with E-state index in [9.17, 15) is 10.0 Å². The zero-order chi connectivity index (χ0) is 15.2. The Morgan fingerprint density at radius 3 is 1.85 bits per heavy atom. The van der Waals surface area contributed by atoms with Gasteiger partial charge in [0, 0.05) is 0 Å². The molecule has 20 heavy (non-hydrogen) atoms. The number of esters is 1. The van der Waals surface area contributed by atoms with E-state index >= 15 is 0 Å². The van der Waals surface area contributed by atoms with Crippen LogP contribution < -0.4 is 0 Å². The first-order valence-corrected chi connectivity index (χ1v) is 6.61. The summed E-state index contributed by atoms with van der Waals surface area (Å²) in [6.45, 7) is 14.7. The molecule has 1 aliphatic heterocycles. The molecule has 0 N–H and O–H groups in total.